The van der Waals surface area contributed by atoms with Gasteiger partial charge in [0.2, 0.25) is 5.91 Å². The number of phenols is 1. The Kier molecular flexibility index (Phi) is 10.2. The van der Waals surface area contributed by atoms with E-state index in [-0.39, 0.29) is 22.6 Å². The summed E-state index contributed by atoms with van der Waals surface area (Å²) in [7, 11) is 0. The molecule has 1 atom stereocenters. The third-order valence-electron chi connectivity index (χ3n) is 7.28. The summed E-state index contributed by atoms with van der Waals surface area (Å²) >= 11 is 1.14. The molecule has 0 radical (unpaired) electrons. The van der Waals surface area contributed by atoms with Crippen LogP contribution in [0.3, 0.4) is 0 Å². The molecule has 1 heterocycles. The van der Waals surface area contributed by atoms with Crippen molar-refractivity contribution in [3.8, 4) is 5.75 Å². The molecule has 1 amide bonds. The molecule has 0 aliphatic heterocycles. The number of hydrogen-bond acceptors (Lipinski definition) is 6. The number of nitrogens with one attached hydrogen (secondary N) is 3. The molecule has 1 aromatic heterocycles. The summed E-state index contributed by atoms with van der Waals surface area (Å²) in [4.78, 5) is 29.8. The number of fused-ring (bicyclic) bond motifs is 1. The van der Waals surface area contributed by atoms with Gasteiger partial charge in [-0.3, -0.25) is 9.59 Å². The van der Waals surface area contributed by atoms with Crippen LogP contribution in [0.5, 0.6) is 5.75 Å². The van der Waals surface area contributed by atoms with Crippen molar-refractivity contribution in [2.24, 2.45) is 0 Å². The molecular weight excluding hydrogens is 484 g/mol. The fourth-order valence-electron chi connectivity index (χ4n) is 5.27. The van der Waals surface area contributed by atoms with Crippen LogP contribution in [0.15, 0.2) is 47.3 Å². The maximum atomic E-state index is 13.3. The van der Waals surface area contributed by atoms with Gasteiger partial charge in [0.05, 0.1) is 4.70 Å². The topological polar surface area (TPSA) is 97.5 Å². The van der Waals surface area contributed by atoms with Crippen molar-refractivity contribution >= 4 is 27.5 Å². The second kappa shape index (κ2) is 13.7. The lowest BCUT2D eigenvalue weighted by Crippen LogP contribution is -2.49. The number of nitrogens with zero attached hydrogens (tertiary/aromatic N) is 1. The highest BCUT2D eigenvalue weighted by Gasteiger charge is 2.26. The Hall–Kier alpha value is -2.68. The molecule has 1 saturated carbocycles. The van der Waals surface area contributed by atoms with Gasteiger partial charge >= 0.3 is 4.87 Å². The maximum absolute atomic E-state index is 13.3. The number of H-pyrrole nitrogens is 1. The van der Waals surface area contributed by atoms with Crippen molar-refractivity contribution in [2.45, 2.75) is 70.4 Å². The number of carbonyl (C=O) groups excluding carboxylic acids is 1. The second-order valence-corrected chi connectivity index (χ2v) is 11.1. The van der Waals surface area contributed by atoms with Crippen molar-refractivity contribution in [1.82, 2.24) is 20.5 Å². The van der Waals surface area contributed by atoms with Crippen molar-refractivity contribution in [2.75, 3.05) is 26.2 Å². The average Bonchev–Trinajstić information content (AvgIpc) is 3.32. The Morgan fingerprint density at radius 2 is 1.86 bits per heavy atom. The van der Waals surface area contributed by atoms with Gasteiger partial charge < -0.3 is 25.6 Å². The van der Waals surface area contributed by atoms with Gasteiger partial charge in [0.15, 0.2) is 0 Å². The molecule has 200 valence electrons. The number of aromatic hydroxyl groups is 1. The van der Waals surface area contributed by atoms with Crippen LogP contribution in [-0.4, -0.2) is 59.2 Å². The summed E-state index contributed by atoms with van der Waals surface area (Å²) in [6.07, 6.45) is 8.09. The quantitative estimate of drug-likeness (QED) is 0.251. The van der Waals surface area contributed by atoms with Gasteiger partial charge in [-0.2, -0.15) is 0 Å². The molecule has 4 N–H and O–H groups in total. The predicted octanol–water partition coefficient (Wildman–Crippen LogP) is 4.20. The molecule has 0 saturated heterocycles. The lowest BCUT2D eigenvalue weighted by molar-refractivity contribution is -0.134. The SMILES string of the molecule is CC(CN(C(=O)CCNCCc1ccccc1)C1CCCCC1)NCCc1ccc(O)c2[nH]c(=O)sc12. The molecular formula is C29H40N4O3S. The average molecular weight is 525 g/mol. The first-order valence-electron chi connectivity index (χ1n) is 13.6. The third-order valence-corrected chi connectivity index (χ3v) is 8.24. The van der Waals surface area contributed by atoms with E-state index in [2.05, 4.69) is 51.7 Å². The van der Waals surface area contributed by atoms with Crippen molar-refractivity contribution in [3.63, 3.8) is 0 Å². The van der Waals surface area contributed by atoms with E-state index in [1.54, 1.807) is 6.07 Å². The molecule has 1 fully saturated rings. The molecule has 37 heavy (non-hydrogen) atoms. The van der Waals surface area contributed by atoms with Crippen LogP contribution < -0.4 is 15.5 Å². The number of carbonyl (C=O) groups is 1. The van der Waals surface area contributed by atoms with Crippen molar-refractivity contribution in [3.05, 3.63) is 63.3 Å². The molecule has 1 unspecified atom stereocenters. The van der Waals surface area contributed by atoms with Gasteiger partial charge in [-0.15, -0.1) is 0 Å². The Balaban J connectivity index is 1.26. The maximum Gasteiger partial charge on any atom is 0.305 e. The summed E-state index contributed by atoms with van der Waals surface area (Å²) in [5.41, 5.74) is 2.87. The Labute approximate surface area is 223 Å². The first-order chi connectivity index (χ1) is 18.0. The van der Waals surface area contributed by atoms with Crippen LogP contribution in [0, 0.1) is 0 Å². The Morgan fingerprint density at radius 1 is 1.08 bits per heavy atom. The lowest BCUT2D eigenvalue weighted by atomic mass is 9.93. The highest BCUT2D eigenvalue weighted by molar-refractivity contribution is 7.16. The lowest BCUT2D eigenvalue weighted by Gasteiger charge is -2.36. The number of rotatable bonds is 13. The molecule has 4 rings (SSSR count). The first-order valence-corrected chi connectivity index (χ1v) is 14.4. The Morgan fingerprint density at radius 3 is 2.65 bits per heavy atom. The van der Waals surface area contributed by atoms with E-state index in [1.165, 1.54) is 24.8 Å². The van der Waals surface area contributed by atoms with E-state index in [1.807, 2.05) is 12.1 Å². The van der Waals surface area contributed by atoms with Gasteiger partial charge in [-0.1, -0.05) is 67.0 Å². The van der Waals surface area contributed by atoms with Gasteiger partial charge in [0, 0.05) is 31.6 Å². The minimum Gasteiger partial charge on any atom is -0.506 e. The standard InChI is InChI=1S/C29H40N4O3S/c1-21(31-19-15-23-12-13-25(34)27-28(23)37-29(36)32-27)20-33(24-10-6-3-7-11-24)26(35)16-18-30-17-14-22-8-4-2-5-9-22/h2,4-5,8-9,12-13,21,24,30-31,34H,3,6-7,10-11,14-20H2,1H3,(H,32,36). The number of benzene rings is 2. The summed E-state index contributed by atoms with van der Waals surface area (Å²) in [6, 6.07) is 14.4. The number of phenolic OH excluding ortho intramolecular Hbond substituents is 1. The summed E-state index contributed by atoms with van der Waals surface area (Å²) in [6.45, 7) is 5.16. The second-order valence-electron chi connectivity index (χ2n) is 10.1. The van der Waals surface area contributed by atoms with E-state index < -0.39 is 0 Å². The van der Waals surface area contributed by atoms with Crippen molar-refractivity contribution in [1.29, 1.82) is 0 Å². The predicted molar refractivity (Wildman–Crippen MR) is 151 cm³/mol. The van der Waals surface area contributed by atoms with E-state index >= 15 is 0 Å². The highest BCUT2D eigenvalue weighted by atomic mass is 32.1. The fourth-order valence-corrected chi connectivity index (χ4v) is 6.17. The van der Waals surface area contributed by atoms with Crippen molar-refractivity contribution < 1.29 is 9.90 Å². The molecule has 1 aliphatic carbocycles. The number of amides is 1. The number of aromatic amines is 1. The van der Waals surface area contributed by atoms with Gasteiger partial charge in [-0.05, 0) is 62.9 Å². The molecule has 1 aliphatic rings. The third kappa shape index (κ3) is 7.90. The summed E-state index contributed by atoms with van der Waals surface area (Å²) in [5, 5.41) is 17.0. The van der Waals surface area contributed by atoms with Crippen LogP contribution in [0.25, 0.3) is 10.2 Å². The number of aromatic nitrogens is 1. The smallest absolute Gasteiger partial charge is 0.305 e. The zero-order chi connectivity index (χ0) is 26.0. The van der Waals surface area contributed by atoms with E-state index in [9.17, 15) is 14.7 Å². The highest BCUT2D eigenvalue weighted by Crippen LogP contribution is 2.28. The van der Waals surface area contributed by atoms with Gasteiger partial charge in [0.25, 0.3) is 0 Å². The summed E-state index contributed by atoms with van der Waals surface area (Å²) < 4.78 is 0.818. The first kappa shape index (κ1) is 27.4. The molecule has 8 heteroatoms. The van der Waals surface area contributed by atoms with Crippen LogP contribution in [0.2, 0.25) is 0 Å². The fraction of sp³-hybridized carbons (Fsp3) is 0.517. The van der Waals surface area contributed by atoms with Gasteiger partial charge in [-0.25, -0.2) is 0 Å². The molecule has 0 spiro atoms. The Bertz CT molecular complexity index is 1190. The van der Waals surface area contributed by atoms with E-state index in [0.717, 1.165) is 60.4 Å². The van der Waals surface area contributed by atoms with Crippen LogP contribution in [0.4, 0.5) is 0 Å². The molecule has 2 aromatic carbocycles. The van der Waals surface area contributed by atoms with E-state index in [0.29, 0.717) is 31.1 Å². The van der Waals surface area contributed by atoms with Crippen LogP contribution >= 0.6 is 11.3 Å². The molecule has 0 bridgehead atoms. The number of thiazole rings is 1. The minimum atomic E-state index is -0.157. The van der Waals surface area contributed by atoms with E-state index in [4.69, 9.17) is 0 Å². The minimum absolute atomic E-state index is 0.106. The monoisotopic (exact) mass is 524 g/mol. The summed E-state index contributed by atoms with van der Waals surface area (Å²) in [5.74, 6) is 0.347. The largest absolute Gasteiger partial charge is 0.506 e. The van der Waals surface area contributed by atoms with Gasteiger partial charge in [0.1, 0.15) is 11.3 Å². The number of hydrogen-bond donors (Lipinski definition) is 4. The normalized spacial score (nSPS) is 15.2. The van der Waals surface area contributed by atoms with Crippen LogP contribution in [0.1, 0.15) is 56.6 Å². The van der Waals surface area contributed by atoms with Crippen LogP contribution in [-0.2, 0) is 17.6 Å². The zero-order valence-corrected chi connectivity index (χ0v) is 22.6. The molecule has 7 nitrogen and oxygen atoms in total. The molecule has 3 aromatic rings. The zero-order valence-electron chi connectivity index (χ0n) is 21.8.